The maximum Gasteiger partial charge on any atom is 0.354 e. The molecule has 0 fully saturated rings. The van der Waals surface area contributed by atoms with Gasteiger partial charge in [-0.1, -0.05) is 138 Å². The third-order valence-corrected chi connectivity index (χ3v) is 14.2. The van der Waals surface area contributed by atoms with E-state index < -0.39 is 11.9 Å². The first kappa shape index (κ1) is 67.7. The van der Waals surface area contributed by atoms with Gasteiger partial charge in [0.05, 0.1) is 38.6 Å². The lowest BCUT2D eigenvalue weighted by Crippen LogP contribution is -2.40. The van der Waals surface area contributed by atoms with Gasteiger partial charge in [-0.3, -0.25) is 19.0 Å². The van der Waals surface area contributed by atoms with Crippen LogP contribution in [-0.4, -0.2) is 91.3 Å². The number of carbonyl (C=O) groups excluding carboxylic acids is 2. The molecule has 6 N–H and O–H groups in total. The summed E-state index contributed by atoms with van der Waals surface area (Å²) in [5, 5.41) is 55.3. The zero-order chi connectivity index (χ0) is 57.2. The molecule has 6 heterocycles. The number of amides is 2. The Morgan fingerprint density at radius 3 is 1.57 bits per heavy atom. The predicted octanol–water partition coefficient (Wildman–Crippen LogP) is 12.0. The molecule has 6 aromatic carbocycles. The molecule has 2 unspecified atom stereocenters. The average Bonchev–Trinajstić information content (AvgIpc) is 4.45. The Kier molecular flexibility index (Phi) is 24.2. The Balaban J connectivity index is 0.000000259. The second-order valence-electron chi connectivity index (χ2n) is 17.8. The zero-order valence-corrected chi connectivity index (χ0v) is 46.9. The number of rotatable bonds is 4. The lowest BCUT2D eigenvalue weighted by molar-refractivity contribution is -0.779. The van der Waals surface area contributed by atoms with Gasteiger partial charge in [-0.2, -0.15) is 15.5 Å². The van der Waals surface area contributed by atoms with Gasteiger partial charge in [0, 0.05) is 82.6 Å². The summed E-state index contributed by atoms with van der Waals surface area (Å²) in [6, 6.07) is 49.9. The molecule has 0 saturated heterocycles. The Labute approximate surface area is 487 Å². The highest BCUT2D eigenvalue weighted by molar-refractivity contribution is 7.15. The molecule has 21 heteroatoms. The Morgan fingerprint density at radius 2 is 1.04 bits per heavy atom. The lowest BCUT2D eigenvalue weighted by atomic mass is 10.1. The number of hydrogen-bond donors (Lipinski definition) is 6. The number of nitrogens with zero attached hydrogens (tertiary/aromatic N) is 9. The minimum absolute atomic E-state index is 0. The molecule has 19 nitrogen and oxygen atoms in total. The van der Waals surface area contributed by atoms with Gasteiger partial charge in [-0.25, -0.2) is 9.59 Å². The number of fused-ring (bicyclic) bond motifs is 6. The van der Waals surface area contributed by atoms with E-state index in [1.165, 1.54) is 26.0 Å². The smallest absolute Gasteiger partial charge is 0.354 e. The maximum absolute atomic E-state index is 11.6. The van der Waals surface area contributed by atoms with E-state index in [-0.39, 0.29) is 47.2 Å². The number of aryl methyl sites for hydroxylation is 4. The molecule has 2 atom stereocenters. The maximum atomic E-state index is 11.6. The topological polar surface area (TPSA) is 247 Å². The van der Waals surface area contributed by atoms with E-state index in [4.69, 9.17) is 15.5 Å². The van der Waals surface area contributed by atoms with Crippen LogP contribution in [-0.2, 0) is 21.1 Å². The van der Waals surface area contributed by atoms with Crippen LogP contribution >= 0.6 is 18.8 Å². The summed E-state index contributed by atoms with van der Waals surface area (Å²) in [5.74, 6) is -1.97. The fourth-order valence-corrected chi connectivity index (χ4v) is 9.68. The number of nitriles is 1. The van der Waals surface area contributed by atoms with Crippen LogP contribution in [0.4, 0.5) is 0 Å². The second kappa shape index (κ2) is 29.7. The van der Waals surface area contributed by atoms with Crippen LogP contribution < -0.4 is 15.3 Å². The van der Waals surface area contributed by atoms with Crippen molar-refractivity contribution >= 4 is 108 Å². The van der Waals surface area contributed by atoms with Crippen LogP contribution in [0.1, 0.15) is 94.2 Å². The van der Waals surface area contributed by atoms with Crippen molar-refractivity contribution in [2.24, 2.45) is 21.1 Å². The van der Waals surface area contributed by atoms with Crippen molar-refractivity contribution in [3.8, 4) is 6.07 Å². The number of benzene rings is 6. The monoisotopic (exact) mass is 1160 g/mol. The summed E-state index contributed by atoms with van der Waals surface area (Å²) < 4.78 is 8.33. The van der Waals surface area contributed by atoms with Gasteiger partial charge < -0.3 is 39.7 Å². The SMILES string of the molecule is C.C.C.C.CNC(=O)c1c(C)[nH]c2ccccc12.CNC(=O)c1c2ccccc2nn1C.C[n+]1c(C#N)c2ccccc2n1O.Cc1c(C(=O)O)c2ccccc2n1P.Cc1cc2ccccc2n1P.Cn1nc2ccccc2c1C(=O)O. The number of aromatic amines is 1. The van der Waals surface area contributed by atoms with Crippen LogP contribution in [0.25, 0.3) is 65.4 Å². The predicted molar refractivity (Wildman–Crippen MR) is 341 cm³/mol. The number of carboxylic acids is 2. The summed E-state index contributed by atoms with van der Waals surface area (Å²) in [6.07, 6.45) is 0. The standard InChI is InChI=1S/C11H12N2O.C10H11N3O.C10H10NO2P.C9H8N3O.C9H8N2O2.C9H10NP.4CH4/c1-7-10(11(14)12-2)8-5-3-4-6-9(8)13-7;1-11-10(14)9-7-5-3-4-6-8(7)12-13(9)2;1-6-9(10(12)13)7-4-2-3-5-8(7)11(6)14;1-11-9(6-10)7-4-2-3-5-8(7)12(11)13;1-11-8(9(12)13)6-4-2-3-5-7(6)10-11;1-7-6-8-4-2-3-5-9(8)10(7)11;;;;/h3-6,13H,1-2H3,(H,12,14);3-6H,1-2H3,(H,11,14);2-5H,14H2,1H3,(H,12,13);2-5,13H,1H3;2-5H,1H3,(H,12,13);2-6H,11H2,1H3;4*1H4/q;;;+1;;;;;;. The van der Waals surface area contributed by atoms with E-state index >= 15 is 0 Å². The molecule has 0 aliphatic carbocycles. The van der Waals surface area contributed by atoms with Gasteiger partial charge in [0.2, 0.25) is 0 Å². The van der Waals surface area contributed by atoms with Gasteiger partial charge in [0.1, 0.15) is 5.69 Å². The van der Waals surface area contributed by atoms with Crippen LogP contribution in [0.5, 0.6) is 0 Å². The van der Waals surface area contributed by atoms with Gasteiger partial charge in [0.15, 0.2) is 24.3 Å². The summed E-state index contributed by atoms with van der Waals surface area (Å²) in [4.78, 5) is 49.1. The van der Waals surface area contributed by atoms with Crippen LogP contribution in [0.15, 0.2) is 152 Å². The van der Waals surface area contributed by atoms with E-state index in [0.717, 1.165) is 59.9 Å². The Hall–Kier alpha value is -9.62. The van der Waals surface area contributed by atoms with E-state index in [2.05, 4.69) is 86.2 Å². The number of nitrogens with one attached hydrogen (secondary N) is 3. The van der Waals surface area contributed by atoms with Crippen LogP contribution in [0, 0.1) is 32.1 Å². The second-order valence-corrected chi connectivity index (χ2v) is 18.8. The van der Waals surface area contributed by atoms with E-state index in [9.17, 15) is 24.4 Å². The van der Waals surface area contributed by atoms with Gasteiger partial charge in [-0.15, -0.1) is 0 Å². The van der Waals surface area contributed by atoms with Crippen LogP contribution in [0.3, 0.4) is 0 Å². The minimum atomic E-state index is -0.948. The number of carbonyl (C=O) groups is 4. The molecular formula is C62H75N12O7P2+. The van der Waals surface area contributed by atoms with E-state index in [1.54, 1.807) is 77.2 Å². The molecule has 0 spiro atoms. The largest absolute Gasteiger partial charge is 0.478 e. The number of aromatic carboxylic acids is 2. The number of H-pyrrole nitrogens is 1. The molecule has 0 bridgehead atoms. The first-order chi connectivity index (χ1) is 37.8. The molecule has 6 aromatic heterocycles. The summed E-state index contributed by atoms with van der Waals surface area (Å²) in [7, 11) is 13.5. The fraction of sp³-hybridized carbons (Fsp3) is 0.194. The van der Waals surface area contributed by atoms with E-state index in [0.29, 0.717) is 33.4 Å². The molecule has 434 valence electrons. The van der Waals surface area contributed by atoms with Crippen molar-refractivity contribution in [2.45, 2.75) is 50.5 Å². The van der Waals surface area contributed by atoms with Gasteiger partial charge in [-0.05, 0) is 88.1 Å². The average molecular weight is 1160 g/mol. The highest BCUT2D eigenvalue weighted by Gasteiger charge is 2.21. The van der Waals surface area contributed by atoms with Crippen molar-refractivity contribution in [3.05, 3.63) is 197 Å². The number of hydrogen-bond acceptors (Lipinski definition) is 8. The molecule has 0 saturated carbocycles. The number of para-hydroxylation sites is 4. The molecule has 0 aliphatic rings. The number of aromatic nitrogens is 9. The molecule has 12 aromatic rings. The van der Waals surface area contributed by atoms with Crippen molar-refractivity contribution in [2.75, 3.05) is 14.1 Å². The Morgan fingerprint density at radius 1 is 0.578 bits per heavy atom. The highest BCUT2D eigenvalue weighted by atomic mass is 31.0. The fourth-order valence-electron chi connectivity index (χ4n) is 9.02. The summed E-state index contributed by atoms with van der Waals surface area (Å²) >= 11 is 0. The first-order valence-corrected chi connectivity index (χ1v) is 25.5. The van der Waals surface area contributed by atoms with Crippen molar-refractivity contribution in [3.63, 3.8) is 0 Å². The molecular weight excluding hydrogens is 1090 g/mol. The number of carboxylic acid groups (broad SMARTS) is 2. The molecule has 83 heavy (non-hydrogen) atoms. The third-order valence-electron chi connectivity index (χ3n) is 12.9. The van der Waals surface area contributed by atoms with Crippen molar-refractivity contribution in [1.29, 1.82) is 5.26 Å². The highest BCUT2D eigenvalue weighted by Crippen LogP contribution is 2.28. The van der Waals surface area contributed by atoms with Crippen molar-refractivity contribution < 1.29 is 39.3 Å². The van der Waals surface area contributed by atoms with Crippen LogP contribution in [0.2, 0.25) is 0 Å². The Bertz CT molecular complexity index is 4180. The quantitative estimate of drug-likeness (QED) is 0.0553. The van der Waals surface area contributed by atoms with Crippen molar-refractivity contribution in [1.82, 2.24) is 48.7 Å². The van der Waals surface area contributed by atoms with E-state index in [1.807, 2.05) is 108 Å². The molecule has 0 aliphatic heterocycles. The lowest BCUT2D eigenvalue weighted by Gasteiger charge is -1.99. The normalized spacial score (nSPS) is 9.99. The summed E-state index contributed by atoms with van der Waals surface area (Å²) in [5.41, 5.74) is 10.7. The molecule has 12 rings (SSSR count). The van der Waals surface area contributed by atoms with Gasteiger partial charge >= 0.3 is 17.6 Å². The minimum Gasteiger partial charge on any atom is -0.478 e. The zero-order valence-electron chi connectivity index (χ0n) is 44.6. The van der Waals surface area contributed by atoms with Gasteiger partial charge in [0.25, 0.3) is 11.8 Å². The molecule has 2 amide bonds. The third kappa shape index (κ3) is 14.3. The summed E-state index contributed by atoms with van der Waals surface area (Å²) in [6.45, 7) is 5.81. The molecule has 0 radical (unpaired) electrons. The first-order valence-electron chi connectivity index (χ1n) is 24.4.